The average Bonchev–Trinajstić information content (AvgIpc) is 2.48. The Labute approximate surface area is 129 Å². The molecule has 0 unspecified atom stereocenters. The van der Waals surface area contributed by atoms with E-state index in [0.29, 0.717) is 18.4 Å². The van der Waals surface area contributed by atoms with E-state index < -0.39 is 0 Å². The fourth-order valence-corrected chi connectivity index (χ4v) is 1.98. The summed E-state index contributed by atoms with van der Waals surface area (Å²) in [6.07, 6.45) is 0. The highest BCUT2D eigenvalue weighted by molar-refractivity contribution is 6.28. The molecule has 0 saturated carbocycles. The summed E-state index contributed by atoms with van der Waals surface area (Å²) in [7, 11) is 3.56. The molecule has 21 heavy (non-hydrogen) atoms. The van der Waals surface area contributed by atoms with E-state index >= 15 is 0 Å². The highest BCUT2D eigenvalue weighted by atomic mass is 35.5. The Balaban J connectivity index is 2.13. The molecular formula is C14H18ClN5O. The van der Waals surface area contributed by atoms with Gasteiger partial charge in [-0.1, -0.05) is 12.1 Å². The molecule has 0 aliphatic carbocycles. The standard InChI is InChI=1S/C14H18ClN5O/c1-4-16-13-17-12(15)18-14(19-13)20(2)9-10-5-7-11(21-3)8-6-10/h5-8H,4,9H2,1-3H3,(H,16,17,18,19). The van der Waals surface area contributed by atoms with Gasteiger partial charge in [0.15, 0.2) is 0 Å². The number of anilines is 2. The molecular weight excluding hydrogens is 290 g/mol. The lowest BCUT2D eigenvalue weighted by atomic mass is 10.2. The maximum absolute atomic E-state index is 5.93. The van der Waals surface area contributed by atoms with Gasteiger partial charge >= 0.3 is 0 Å². The van der Waals surface area contributed by atoms with E-state index in [4.69, 9.17) is 16.3 Å². The molecule has 2 rings (SSSR count). The van der Waals surface area contributed by atoms with Crippen molar-refractivity contribution in [2.24, 2.45) is 0 Å². The summed E-state index contributed by atoms with van der Waals surface area (Å²) >= 11 is 5.93. The van der Waals surface area contributed by atoms with Gasteiger partial charge in [-0.05, 0) is 36.2 Å². The Morgan fingerprint density at radius 3 is 2.52 bits per heavy atom. The number of ether oxygens (including phenoxy) is 1. The van der Waals surface area contributed by atoms with Gasteiger partial charge in [-0.15, -0.1) is 0 Å². The van der Waals surface area contributed by atoms with Gasteiger partial charge in [0, 0.05) is 20.1 Å². The number of hydrogen-bond donors (Lipinski definition) is 1. The van der Waals surface area contributed by atoms with E-state index in [1.165, 1.54) is 0 Å². The Kier molecular flexibility index (Phi) is 5.16. The molecule has 0 aliphatic rings. The second-order valence-corrected chi connectivity index (χ2v) is 4.80. The van der Waals surface area contributed by atoms with Crippen LogP contribution in [0.2, 0.25) is 5.28 Å². The second-order valence-electron chi connectivity index (χ2n) is 4.46. The molecule has 1 aromatic heterocycles. The monoisotopic (exact) mass is 307 g/mol. The molecule has 112 valence electrons. The van der Waals surface area contributed by atoms with E-state index in [1.807, 2.05) is 43.1 Å². The molecule has 1 heterocycles. The normalized spacial score (nSPS) is 10.3. The maximum Gasteiger partial charge on any atom is 0.231 e. The van der Waals surface area contributed by atoms with E-state index in [9.17, 15) is 0 Å². The Morgan fingerprint density at radius 2 is 1.90 bits per heavy atom. The van der Waals surface area contributed by atoms with Gasteiger partial charge in [0.2, 0.25) is 17.2 Å². The van der Waals surface area contributed by atoms with Gasteiger partial charge < -0.3 is 15.0 Å². The van der Waals surface area contributed by atoms with Crippen LogP contribution in [0.25, 0.3) is 0 Å². The molecule has 6 nitrogen and oxygen atoms in total. The summed E-state index contributed by atoms with van der Waals surface area (Å²) in [4.78, 5) is 14.4. The number of hydrogen-bond acceptors (Lipinski definition) is 6. The first kappa shape index (κ1) is 15.3. The van der Waals surface area contributed by atoms with Crippen molar-refractivity contribution in [3.63, 3.8) is 0 Å². The van der Waals surface area contributed by atoms with Crippen molar-refractivity contribution in [3.8, 4) is 5.75 Å². The lowest BCUT2D eigenvalue weighted by Gasteiger charge is -2.18. The van der Waals surface area contributed by atoms with E-state index in [0.717, 1.165) is 17.9 Å². The first-order chi connectivity index (χ1) is 10.1. The molecule has 0 fully saturated rings. The molecule has 0 amide bonds. The van der Waals surface area contributed by atoms with Crippen molar-refractivity contribution in [2.45, 2.75) is 13.5 Å². The van der Waals surface area contributed by atoms with Gasteiger partial charge in [-0.2, -0.15) is 15.0 Å². The molecule has 0 aliphatic heterocycles. The van der Waals surface area contributed by atoms with E-state index in [-0.39, 0.29) is 5.28 Å². The van der Waals surface area contributed by atoms with Crippen molar-refractivity contribution < 1.29 is 4.74 Å². The highest BCUT2D eigenvalue weighted by Crippen LogP contribution is 2.17. The van der Waals surface area contributed by atoms with Crippen molar-refractivity contribution >= 4 is 23.5 Å². The van der Waals surface area contributed by atoms with Crippen LogP contribution in [0.3, 0.4) is 0 Å². The van der Waals surface area contributed by atoms with Crippen LogP contribution >= 0.6 is 11.6 Å². The summed E-state index contributed by atoms with van der Waals surface area (Å²) in [5.41, 5.74) is 1.12. The summed E-state index contributed by atoms with van der Waals surface area (Å²) in [6, 6.07) is 7.86. The quantitative estimate of drug-likeness (QED) is 0.885. The molecule has 0 saturated heterocycles. The van der Waals surface area contributed by atoms with Gasteiger partial charge in [0.25, 0.3) is 0 Å². The molecule has 1 N–H and O–H groups in total. The van der Waals surface area contributed by atoms with Crippen LogP contribution in [0.4, 0.5) is 11.9 Å². The third-order valence-corrected chi connectivity index (χ3v) is 3.02. The summed E-state index contributed by atoms with van der Waals surface area (Å²) < 4.78 is 5.14. The fraction of sp³-hybridized carbons (Fsp3) is 0.357. The van der Waals surface area contributed by atoms with Gasteiger partial charge in [0.05, 0.1) is 7.11 Å². The molecule has 0 radical (unpaired) electrons. The van der Waals surface area contributed by atoms with Crippen molar-refractivity contribution in [2.75, 3.05) is 30.9 Å². The second kappa shape index (κ2) is 7.08. The van der Waals surface area contributed by atoms with Crippen LogP contribution < -0.4 is 15.0 Å². The molecule has 7 heteroatoms. The van der Waals surface area contributed by atoms with E-state index in [1.54, 1.807) is 7.11 Å². The lowest BCUT2D eigenvalue weighted by molar-refractivity contribution is 0.414. The zero-order valence-corrected chi connectivity index (χ0v) is 13.1. The minimum Gasteiger partial charge on any atom is -0.497 e. The van der Waals surface area contributed by atoms with Crippen molar-refractivity contribution in [1.82, 2.24) is 15.0 Å². The third-order valence-electron chi connectivity index (χ3n) is 2.85. The minimum atomic E-state index is 0.178. The molecule has 0 spiro atoms. The first-order valence-corrected chi connectivity index (χ1v) is 6.99. The summed E-state index contributed by atoms with van der Waals surface area (Å²) in [5.74, 6) is 1.84. The third kappa shape index (κ3) is 4.19. The van der Waals surface area contributed by atoms with Gasteiger partial charge in [-0.3, -0.25) is 0 Å². The zero-order chi connectivity index (χ0) is 15.2. The maximum atomic E-state index is 5.93. The Morgan fingerprint density at radius 1 is 1.19 bits per heavy atom. The van der Waals surface area contributed by atoms with Crippen molar-refractivity contribution in [3.05, 3.63) is 35.1 Å². The topological polar surface area (TPSA) is 63.2 Å². The average molecular weight is 308 g/mol. The van der Waals surface area contributed by atoms with Gasteiger partial charge in [-0.25, -0.2) is 0 Å². The first-order valence-electron chi connectivity index (χ1n) is 6.62. The van der Waals surface area contributed by atoms with Crippen LogP contribution in [0.15, 0.2) is 24.3 Å². The summed E-state index contributed by atoms with van der Waals surface area (Å²) in [6.45, 7) is 3.36. The number of nitrogens with zero attached hydrogens (tertiary/aromatic N) is 4. The van der Waals surface area contributed by atoms with Crippen LogP contribution in [-0.2, 0) is 6.54 Å². The van der Waals surface area contributed by atoms with E-state index in [2.05, 4.69) is 20.3 Å². The van der Waals surface area contributed by atoms with Crippen molar-refractivity contribution in [1.29, 1.82) is 0 Å². The largest absolute Gasteiger partial charge is 0.497 e. The Bertz CT molecular complexity index is 590. The number of benzene rings is 1. The summed E-state index contributed by atoms with van der Waals surface area (Å²) in [5, 5.41) is 3.21. The molecule has 0 atom stereocenters. The zero-order valence-electron chi connectivity index (χ0n) is 12.3. The minimum absolute atomic E-state index is 0.178. The number of halogens is 1. The molecule has 1 aromatic carbocycles. The highest BCUT2D eigenvalue weighted by Gasteiger charge is 2.09. The lowest BCUT2D eigenvalue weighted by Crippen LogP contribution is -2.20. The number of rotatable bonds is 6. The van der Waals surface area contributed by atoms with Crippen LogP contribution in [0, 0.1) is 0 Å². The van der Waals surface area contributed by atoms with Gasteiger partial charge in [0.1, 0.15) is 5.75 Å². The smallest absolute Gasteiger partial charge is 0.231 e. The SMILES string of the molecule is CCNc1nc(Cl)nc(N(C)Cc2ccc(OC)cc2)n1. The number of aromatic nitrogens is 3. The number of methoxy groups -OCH3 is 1. The van der Waals surface area contributed by atoms with Crippen LogP contribution in [0.5, 0.6) is 5.75 Å². The predicted molar refractivity (Wildman–Crippen MR) is 84.1 cm³/mol. The predicted octanol–water partition coefficient (Wildman–Crippen LogP) is 2.60. The Hall–Kier alpha value is -2.08. The van der Waals surface area contributed by atoms with Crippen LogP contribution in [0.1, 0.15) is 12.5 Å². The van der Waals surface area contributed by atoms with Crippen LogP contribution in [-0.4, -0.2) is 35.7 Å². The number of nitrogens with one attached hydrogen (secondary N) is 1. The molecule has 2 aromatic rings. The molecule has 0 bridgehead atoms. The fourth-order valence-electron chi connectivity index (χ4n) is 1.82.